The van der Waals surface area contributed by atoms with E-state index in [-0.39, 0.29) is 47.6 Å². The van der Waals surface area contributed by atoms with Crippen molar-refractivity contribution in [3.8, 4) is 22.6 Å². The molecule has 6 amide bonds. The topological polar surface area (TPSA) is 233 Å². The Balaban J connectivity index is 0.963. The molecule has 3 fully saturated rings. The fourth-order valence-corrected chi connectivity index (χ4v) is 9.98. The highest BCUT2D eigenvalue weighted by atomic mass is 16.5. The van der Waals surface area contributed by atoms with E-state index < -0.39 is 29.8 Å². The Kier molecular flexibility index (Phi) is 13.8. The van der Waals surface area contributed by atoms with E-state index in [1.165, 1.54) is 0 Å². The van der Waals surface area contributed by atoms with Gasteiger partial charge in [-0.15, -0.1) is 0 Å². The quantitative estimate of drug-likeness (QED) is 0.0638. The molecule has 4 aromatic heterocycles. The van der Waals surface area contributed by atoms with Crippen molar-refractivity contribution < 1.29 is 42.3 Å². The molecule has 17 nitrogen and oxygen atoms in total. The van der Waals surface area contributed by atoms with Gasteiger partial charge in [-0.05, 0) is 80.0 Å². The molecule has 68 heavy (non-hydrogen) atoms. The van der Waals surface area contributed by atoms with Crippen LogP contribution in [0, 0.1) is 11.8 Å². The molecule has 2 aromatic carbocycles. The largest absolute Gasteiger partial charge is 0.451 e. The number of fused-ring (bicyclic) bond motifs is 2. The van der Waals surface area contributed by atoms with E-state index in [0.717, 1.165) is 80.5 Å². The van der Waals surface area contributed by atoms with Crippen LogP contribution in [0.25, 0.3) is 44.5 Å². The highest BCUT2D eigenvalue weighted by Crippen LogP contribution is 2.33. The van der Waals surface area contributed by atoms with Gasteiger partial charge in [0.2, 0.25) is 11.8 Å². The third kappa shape index (κ3) is 9.93. The maximum Gasteiger partial charge on any atom is 0.288 e. The molecule has 0 spiro atoms. The highest BCUT2D eigenvalue weighted by molar-refractivity contribution is 6.01. The second kappa shape index (κ2) is 20.4. The number of carbonyl (C=O) groups is 6. The van der Waals surface area contributed by atoms with Gasteiger partial charge in [0.1, 0.15) is 35.0 Å². The van der Waals surface area contributed by atoms with Crippen LogP contribution < -0.4 is 26.6 Å². The van der Waals surface area contributed by atoms with Crippen molar-refractivity contribution in [1.29, 1.82) is 0 Å². The number of ether oxygens (including phenoxy) is 1. The van der Waals surface area contributed by atoms with E-state index in [4.69, 9.17) is 13.6 Å². The lowest BCUT2D eigenvalue weighted by atomic mass is 9.83. The van der Waals surface area contributed by atoms with E-state index in [0.29, 0.717) is 71.4 Å². The molecule has 2 unspecified atom stereocenters. The molecule has 6 aromatic rings. The molecule has 0 bridgehead atoms. The minimum atomic E-state index is -0.910. The third-order valence-corrected chi connectivity index (χ3v) is 13.7. The number of hydrogen-bond donors (Lipinski definition) is 7. The Morgan fingerprint density at radius 3 is 1.84 bits per heavy atom. The molecule has 1 aliphatic heterocycles. The van der Waals surface area contributed by atoms with Gasteiger partial charge in [-0.1, -0.05) is 62.8 Å². The third-order valence-electron chi connectivity index (χ3n) is 13.7. The lowest BCUT2D eigenvalue weighted by molar-refractivity contribution is -0.125. The van der Waals surface area contributed by atoms with Gasteiger partial charge in [-0.25, -0.2) is 0 Å². The van der Waals surface area contributed by atoms with Gasteiger partial charge >= 0.3 is 0 Å². The normalized spacial score (nSPS) is 16.8. The Hall–Kier alpha value is -7.14. The van der Waals surface area contributed by atoms with Crippen LogP contribution in [0.2, 0.25) is 0 Å². The molecule has 1 saturated heterocycles. The SMILES string of the molecule is CNC(=O)c1cc2ccc(-c3ccc(C(=O)NC(C(=O)NCc4cc(-c5ccc6cc(C(=O)N7CCOCC7)[nH]c6c5)oc4C(=O)NC(C(=O)NC)C4CCCCC4)C4CCCCC4)o3)cc2[nH]1. The van der Waals surface area contributed by atoms with E-state index in [2.05, 4.69) is 36.6 Å². The van der Waals surface area contributed by atoms with Crippen molar-refractivity contribution in [3.05, 3.63) is 95.2 Å². The van der Waals surface area contributed by atoms with Gasteiger partial charge < -0.3 is 55.0 Å². The fourth-order valence-electron chi connectivity index (χ4n) is 9.98. The summed E-state index contributed by atoms with van der Waals surface area (Å²) in [6.07, 6.45) is 8.93. The summed E-state index contributed by atoms with van der Waals surface area (Å²) >= 11 is 0. The Morgan fingerprint density at radius 1 is 0.618 bits per heavy atom. The summed E-state index contributed by atoms with van der Waals surface area (Å²) in [5, 5.41) is 15.9. The number of benzene rings is 2. The number of furan rings is 2. The Bertz CT molecular complexity index is 2830. The summed E-state index contributed by atoms with van der Waals surface area (Å²) in [6.45, 7) is 1.87. The Morgan fingerprint density at radius 2 is 1.21 bits per heavy atom. The molecule has 2 aliphatic carbocycles. The van der Waals surface area contributed by atoms with E-state index in [1.807, 2.05) is 42.5 Å². The van der Waals surface area contributed by atoms with Crippen LogP contribution in [0.1, 0.15) is 112 Å². The first kappa shape index (κ1) is 46.0. The summed E-state index contributed by atoms with van der Waals surface area (Å²) in [7, 11) is 3.11. The van der Waals surface area contributed by atoms with Crippen molar-refractivity contribution in [3.63, 3.8) is 0 Å². The number of nitrogens with one attached hydrogen (secondary N) is 7. The first-order chi connectivity index (χ1) is 33.1. The molecular weight excluding hydrogens is 869 g/mol. The number of rotatable bonds is 14. The minimum absolute atomic E-state index is 0.0323. The van der Waals surface area contributed by atoms with Gasteiger partial charge in [-0.3, -0.25) is 28.8 Å². The first-order valence-corrected chi connectivity index (χ1v) is 23.8. The predicted octanol–water partition coefficient (Wildman–Crippen LogP) is 6.42. The number of H-pyrrole nitrogens is 2. The summed E-state index contributed by atoms with van der Waals surface area (Å²) in [4.78, 5) is 89.5. The average molecular weight is 927 g/mol. The summed E-state index contributed by atoms with van der Waals surface area (Å²) in [5.74, 6) is -1.65. The number of amides is 6. The molecule has 3 aliphatic rings. The summed E-state index contributed by atoms with van der Waals surface area (Å²) < 4.78 is 17.9. The smallest absolute Gasteiger partial charge is 0.288 e. The van der Waals surface area contributed by atoms with Gasteiger partial charge in [0.15, 0.2) is 11.5 Å². The maximum absolute atomic E-state index is 14.4. The van der Waals surface area contributed by atoms with Gasteiger partial charge in [0.05, 0.1) is 13.2 Å². The summed E-state index contributed by atoms with van der Waals surface area (Å²) in [5.41, 5.74) is 3.99. The van der Waals surface area contributed by atoms with Crippen molar-refractivity contribution in [2.24, 2.45) is 11.8 Å². The zero-order valence-corrected chi connectivity index (χ0v) is 38.4. The molecule has 9 rings (SSSR count). The average Bonchev–Trinajstić information content (AvgIpc) is 4.22. The van der Waals surface area contributed by atoms with Crippen LogP contribution in [0.4, 0.5) is 0 Å². The Labute approximate surface area is 392 Å². The van der Waals surface area contributed by atoms with Crippen molar-refractivity contribution >= 4 is 57.2 Å². The second-order valence-corrected chi connectivity index (χ2v) is 18.1. The van der Waals surface area contributed by atoms with E-state index in [1.54, 1.807) is 43.3 Å². The van der Waals surface area contributed by atoms with Crippen LogP contribution in [0.15, 0.2) is 75.6 Å². The minimum Gasteiger partial charge on any atom is -0.451 e. The lowest BCUT2D eigenvalue weighted by Gasteiger charge is -2.30. The number of aromatic amines is 2. The van der Waals surface area contributed by atoms with Crippen LogP contribution >= 0.6 is 0 Å². The van der Waals surface area contributed by atoms with Crippen molar-refractivity contribution in [2.75, 3.05) is 40.4 Å². The van der Waals surface area contributed by atoms with Crippen LogP contribution in [-0.2, 0) is 20.9 Å². The highest BCUT2D eigenvalue weighted by Gasteiger charge is 2.35. The van der Waals surface area contributed by atoms with Crippen LogP contribution in [0.3, 0.4) is 0 Å². The lowest BCUT2D eigenvalue weighted by Crippen LogP contribution is -2.51. The maximum atomic E-state index is 14.4. The van der Waals surface area contributed by atoms with E-state index in [9.17, 15) is 28.8 Å². The summed E-state index contributed by atoms with van der Waals surface area (Å²) in [6, 6.07) is 17.9. The molecule has 5 heterocycles. The number of morpholine rings is 1. The molecule has 7 N–H and O–H groups in total. The first-order valence-electron chi connectivity index (χ1n) is 23.8. The number of nitrogens with zero attached hydrogens (tertiary/aromatic N) is 1. The van der Waals surface area contributed by atoms with Gasteiger partial charge in [-0.2, -0.15) is 0 Å². The van der Waals surface area contributed by atoms with Crippen LogP contribution in [0.5, 0.6) is 0 Å². The van der Waals surface area contributed by atoms with Crippen molar-refractivity contribution in [1.82, 2.24) is 41.5 Å². The number of hydrogen-bond acceptors (Lipinski definition) is 9. The molecule has 2 atom stereocenters. The fraction of sp³-hybridized carbons (Fsp3) is 0.412. The van der Waals surface area contributed by atoms with Gasteiger partial charge in [0.25, 0.3) is 23.6 Å². The molecule has 356 valence electrons. The standard InChI is InChI=1S/C51H58N8O9/c1-52-46(60)38-23-31-13-15-33(25-36(31)55-38)40-17-18-41(67-40)47(61)57-44(30-11-7-4-8-12-30)49(63)54-28-35-27-42(68-45(35)50(64)58-43(48(62)53-2)29-9-5-3-6-10-29)34-16-14-32-24-39(56-37(32)26-34)51(65)59-19-21-66-22-20-59/h13-18,23-27,29-30,43-44,55-56H,3-12,19-22,28H2,1-2H3,(H,52,60)(H,53,62)(H,54,63)(H,57,61)(H,58,64). The molecule has 17 heteroatoms. The van der Waals surface area contributed by atoms with E-state index >= 15 is 0 Å². The van der Waals surface area contributed by atoms with Crippen molar-refractivity contribution in [2.45, 2.75) is 82.8 Å². The zero-order valence-electron chi connectivity index (χ0n) is 38.4. The zero-order chi connectivity index (χ0) is 47.3. The number of likely N-dealkylation sites (N-methyl/N-ethyl adjacent to an activating group) is 1. The number of carbonyl (C=O) groups excluding carboxylic acids is 6. The van der Waals surface area contributed by atoms with Gasteiger partial charge in [0, 0.05) is 72.2 Å². The molecule has 0 radical (unpaired) electrons. The predicted molar refractivity (Wildman–Crippen MR) is 254 cm³/mol. The molecular formula is C51H58N8O9. The second-order valence-electron chi connectivity index (χ2n) is 18.1. The van der Waals surface area contributed by atoms with Crippen LogP contribution in [-0.4, -0.2) is 103 Å². The molecule has 2 saturated carbocycles. The number of aromatic nitrogens is 2. The monoisotopic (exact) mass is 926 g/mol.